The Morgan fingerprint density at radius 3 is 1.23 bits per heavy atom. The van der Waals surface area contributed by atoms with Crippen molar-refractivity contribution in [2.24, 2.45) is 10.8 Å². The zero-order valence-electron chi connectivity index (χ0n) is 10.3. The molecular weight excluding hydrogens is 162 g/mol. The standard InChI is InChI=1S/C11H25NO/c1-10(2,3)8-12(7,13)9-11(4,5)6/h8-9H2,1-7H3. The van der Waals surface area contributed by atoms with Crippen molar-refractivity contribution >= 4 is 0 Å². The van der Waals surface area contributed by atoms with Crippen LogP contribution in [0, 0.1) is 16.0 Å². The van der Waals surface area contributed by atoms with Crippen LogP contribution >= 0.6 is 0 Å². The first-order valence-electron chi connectivity index (χ1n) is 4.97. The van der Waals surface area contributed by atoms with Gasteiger partial charge in [0.1, 0.15) is 0 Å². The molecule has 0 fully saturated rings. The monoisotopic (exact) mass is 187 g/mol. The molecular formula is C11H25NO. The lowest BCUT2D eigenvalue weighted by atomic mass is 9.92. The molecule has 80 valence electrons. The predicted molar refractivity (Wildman–Crippen MR) is 58.2 cm³/mol. The topological polar surface area (TPSA) is 23.1 Å². The molecule has 0 atom stereocenters. The molecule has 0 aliphatic rings. The third-order valence-electron chi connectivity index (χ3n) is 1.62. The van der Waals surface area contributed by atoms with Crippen molar-refractivity contribution < 1.29 is 4.65 Å². The maximum Gasteiger partial charge on any atom is 0.0831 e. The predicted octanol–water partition coefficient (Wildman–Crippen LogP) is 3.02. The Hall–Kier alpha value is -0.0800. The van der Waals surface area contributed by atoms with Crippen molar-refractivity contribution in [2.45, 2.75) is 41.5 Å². The van der Waals surface area contributed by atoms with Crippen LogP contribution in [0.2, 0.25) is 0 Å². The molecule has 0 heterocycles. The summed E-state index contributed by atoms with van der Waals surface area (Å²) in [5.74, 6) is 0. The maximum absolute atomic E-state index is 12.1. The molecule has 13 heavy (non-hydrogen) atoms. The highest BCUT2D eigenvalue weighted by molar-refractivity contribution is 4.65. The van der Waals surface area contributed by atoms with Crippen LogP contribution in [0.25, 0.3) is 0 Å². The first-order valence-corrected chi connectivity index (χ1v) is 4.97. The number of rotatable bonds is 2. The van der Waals surface area contributed by atoms with Crippen LogP contribution in [0.15, 0.2) is 0 Å². The highest BCUT2D eigenvalue weighted by atomic mass is 16.5. The van der Waals surface area contributed by atoms with Gasteiger partial charge in [0.25, 0.3) is 0 Å². The van der Waals surface area contributed by atoms with E-state index in [0.29, 0.717) is 13.1 Å². The SMILES string of the molecule is CC(C)(C)C[N+](C)([O-])CC(C)(C)C. The van der Waals surface area contributed by atoms with Crippen LogP contribution in [0.5, 0.6) is 0 Å². The Labute approximate surface area is 83.1 Å². The van der Waals surface area contributed by atoms with Gasteiger partial charge in [-0.3, -0.25) is 0 Å². The van der Waals surface area contributed by atoms with Crippen molar-refractivity contribution in [1.29, 1.82) is 0 Å². The molecule has 0 saturated carbocycles. The Morgan fingerprint density at radius 1 is 0.846 bits per heavy atom. The average Bonchev–Trinajstić information content (AvgIpc) is 1.43. The van der Waals surface area contributed by atoms with Crippen LogP contribution in [0.4, 0.5) is 0 Å². The summed E-state index contributed by atoms with van der Waals surface area (Å²) in [5, 5.41) is 12.1. The summed E-state index contributed by atoms with van der Waals surface area (Å²) in [6.45, 7) is 14.1. The van der Waals surface area contributed by atoms with Crippen LogP contribution in [-0.2, 0) is 0 Å². The minimum atomic E-state index is -0.132. The number of quaternary nitrogens is 1. The minimum absolute atomic E-state index is 0.113. The van der Waals surface area contributed by atoms with E-state index >= 15 is 0 Å². The molecule has 2 nitrogen and oxygen atoms in total. The van der Waals surface area contributed by atoms with Crippen molar-refractivity contribution in [3.8, 4) is 0 Å². The Kier molecular flexibility index (Phi) is 3.56. The van der Waals surface area contributed by atoms with Crippen LogP contribution < -0.4 is 0 Å². The van der Waals surface area contributed by atoms with Gasteiger partial charge >= 0.3 is 0 Å². The van der Waals surface area contributed by atoms with E-state index < -0.39 is 0 Å². The molecule has 0 spiro atoms. The zero-order valence-corrected chi connectivity index (χ0v) is 10.3. The van der Waals surface area contributed by atoms with E-state index in [-0.39, 0.29) is 15.5 Å². The Balaban J connectivity index is 4.25. The van der Waals surface area contributed by atoms with E-state index in [1.54, 1.807) is 7.05 Å². The van der Waals surface area contributed by atoms with Gasteiger partial charge in [0.15, 0.2) is 0 Å². The molecule has 0 aromatic carbocycles. The van der Waals surface area contributed by atoms with Crippen LogP contribution in [0.3, 0.4) is 0 Å². The van der Waals surface area contributed by atoms with E-state index in [4.69, 9.17) is 0 Å². The third kappa shape index (κ3) is 8.26. The number of hydrogen-bond donors (Lipinski definition) is 0. The molecule has 2 heteroatoms. The van der Waals surface area contributed by atoms with Crippen molar-refractivity contribution in [2.75, 3.05) is 20.1 Å². The molecule has 0 unspecified atom stereocenters. The van der Waals surface area contributed by atoms with Gasteiger partial charge in [-0.25, -0.2) is 0 Å². The van der Waals surface area contributed by atoms with Gasteiger partial charge in [0, 0.05) is 10.8 Å². The molecule has 0 radical (unpaired) electrons. The lowest BCUT2D eigenvalue weighted by Crippen LogP contribution is -2.48. The fraction of sp³-hybridized carbons (Fsp3) is 1.00. The molecule has 0 aliphatic heterocycles. The number of nitrogens with zero attached hydrogens (tertiary/aromatic N) is 1. The second-order valence-electron chi connectivity index (χ2n) is 6.73. The number of hydrogen-bond acceptors (Lipinski definition) is 1. The fourth-order valence-corrected chi connectivity index (χ4v) is 2.06. The van der Waals surface area contributed by atoms with Gasteiger partial charge in [-0.05, 0) is 0 Å². The average molecular weight is 187 g/mol. The van der Waals surface area contributed by atoms with Crippen molar-refractivity contribution in [3.05, 3.63) is 5.21 Å². The molecule has 0 saturated heterocycles. The highest BCUT2D eigenvalue weighted by Gasteiger charge is 2.26. The first-order chi connectivity index (χ1) is 5.41. The Morgan fingerprint density at radius 2 is 1.08 bits per heavy atom. The van der Waals surface area contributed by atoms with E-state index in [2.05, 4.69) is 41.5 Å². The normalized spacial score (nSPS) is 14.8. The van der Waals surface area contributed by atoms with Gasteiger partial charge < -0.3 is 9.85 Å². The Bertz CT molecular complexity index is 142. The smallest absolute Gasteiger partial charge is 0.0831 e. The number of hydroxylamine groups is 3. The molecule has 0 aromatic rings. The van der Waals surface area contributed by atoms with Gasteiger partial charge in [-0.15, -0.1) is 0 Å². The summed E-state index contributed by atoms with van der Waals surface area (Å²) in [4.78, 5) is 0. The highest BCUT2D eigenvalue weighted by Crippen LogP contribution is 2.24. The molecule has 0 aliphatic carbocycles. The third-order valence-corrected chi connectivity index (χ3v) is 1.62. The molecule has 0 amide bonds. The summed E-state index contributed by atoms with van der Waals surface area (Å²) < 4.78 is -0.132. The lowest BCUT2D eigenvalue weighted by molar-refractivity contribution is -0.873. The fourth-order valence-electron chi connectivity index (χ4n) is 2.06. The van der Waals surface area contributed by atoms with E-state index in [1.165, 1.54) is 0 Å². The van der Waals surface area contributed by atoms with E-state index in [0.717, 1.165) is 0 Å². The van der Waals surface area contributed by atoms with Crippen molar-refractivity contribution in [1.82, 2.24) is 0 Å². The summed E-state index contributed by atoms with van der Waals surface area (Å²) in [6.07, 6.45) is 0. The van der Waals surface area contributed by atoms with Gasteiger partial charge in [-0.2, -0.15) is 0 Å². The van der Waals surface area contributed by atoms with Gasteiger partial charge in [0.2, 0.25) is 0 Å². The summed E-state index contributed by atoms with van der Waals surface area (Å²) in [6, 6.07) is 0. The zero-order chi connectivity index (χ0) is 10.9. The van der Waals surface area contributed by atoms with Crippen LogP contribution in [0.1, 0.15) is 41.5 Å². The quantitative estimate of drug-likeness (QED) is 0.481. The summed E-state index contributed by atoms with van der Waals surface area (Å²) >= 11 is 0. The minimum Gasteiger partial charge on any atom is -0.633 e. The first kappa shape index (κ1) is 12.9. The lowest BCUT2D eigenvalue weighted by Gasteiger charge is -2.46. The largest absolute Gasteiger partial charge is 0.633 e. The second-order valence-corrected chi connectivity index (χ2v) is 6.73. The second kappa shape index (κ2) is 3.58. The van der Waals surface area contributed by atoms with E-state index in [1.807, 2.05) is 0 Å². The summed E-state index contributed by atoms with van der Waals surface area (Å²) in [7, 11) is 1.77. The van der Waals surface area contributed by atoms with E-state index in [9.17, 15) is 5.21 Å². The molecule has 0 N–H and O–H groups in total. The molecule has 0 bridgehead atoms. The molecule has 0 aromatic heterocycles. The van der Waals surface area contributed by atoms with Crippen LogP contribution in [-0.4, -0.2) is 24.8 Å². The van der Waals surface area contributed by atoms with Crippen molar-refractivity contribution in [3.63, 3.8) is 0 Å². The molecule has 0 rings (SSSR count). The van der Waals surface area contributed by atoms with Gasteiger partial charge in [-0.1, -0.05) is 41.5 Å². The van der Waals surface area contributed by atoms with Gasteiger partial charge in [0.05, 0.1) is 20.1 Å². The maximum atomic E-state index is 12.1. The summed E-state index contributed by atoms with van der Waals surface area (Å²) in [5.41, 5.74) is 0.226.